The van der Waals surface area contributed by atoms with Crippen LogP contribution in [0.1, 0.15) is 5.56 Å². The van der Waals surface area contributed by atoms with E-state index in [9.17, 15) is 8.42 Å². The molecule has 2 rings (SSSR count). The predicted octanol–water partition coefficient (Wildman–Crippen LogP) is 2.03. The van der Waals surface area contributed by atoms with Gasteiger partial charge < -0.3 is 0 Å². The third-order valence-electron chi connectivity index (χ3n) is 2.37. The number of pyridine rings is 1. The maximum absolute atomic E-state index is 11.7. The van der Waals surface area contributed by atoms with Gasteiger partial charge in [0.1, 0.15) is 0 Å². The fourth-order valence-corrected chi connectivity index (χ4v) is 2.33. The van der Waals surface area contributed by atoms with Crippen LogP contribution in [0.2, 0.25) is 0 Å². The second kappa shape index (κ2) is 5.75. The Hall–Kier alpha value is -1.72. The Morgan fingerprint density at radius 3 is 2.39 bits per heavy atom. The third-order valence-corrected chi connectivity index (χ3v) is 3.60. The lowest BCUT2D eigenvalue weighted by Gasteiger charge is -2.04. The molecular formula is C13H13NO3S. The van der Waals surface area contributed by atoms with Crippen LogP contribution in [0.5, 0.6) is 0 Å². The molecule has 0 saturated carbocycles. The molecule has 1 aromatic heterocycles. The normalized spacial score (nSPS) is 11.3. The van der Waals surface area contributed by atoms with Crippen molar-refractivity contribution in [3.8, 4) is 0 Å². The standard InChI is InChI=1S/C13H13NO3S/c15-18(16,13-8-4-5-10-14-13)17-11-9-12-6-2-1-3-7-12/h1-8,10H,9,11H2. The van der Waals surface area contributed by atoms with Crippen LogP contribution in [0.4, 0.5) is 0 Å². The number of hydrogen-bond donors (Lipinski definition) is 0. The van der Waals surface area contributed by atoms with Crippen molar-refractivity contribution >= 4 is 10.1 Å². The molecule has 0 aliphatic heterocycles. The van der Waals surface area contributed by atoms with E-state index < -0.39 is 10.1 Å². The summed E-state index contributed by atoms with van der Waals surface area (Å²) in [6.07, 6.45) is 1.97. The van der Waals surface area contributed by atoms with Crippen molar-refractivity contribution in [2.75, 3.05) is 6.61 Å². The summed E-state index contributed by atoms with van der Waals surface area (Å²) in [5.74, 6) is 0. The zero-order valence-corrected chi connectivity index (χ0v) is 10.5. The molecule has 5 heteroatoms. The van der Waals surface area contributed by atoms with Crippen LogP contribution in [0.3, 0.4) is 0 Å². The van der Waals surface area contributed by atoms with Gasteiger partial charge in [0.05, 0.1) is 6.61 Å². The zero-order valence-electron chi connectivity index (χ0n) is 9.69. The molecule has 94 valence electrons. The van der Waals surface area contributed by atoms with E-state index in [1.807, 2.05) is 30.3 Å². The highest BCUT2D eigenvalue weighted by atomic mass is 32.2. The van der Waals surface area contributed by atoms with E-state index in [2.05, 4.69) is 4.98 Å². The molecule has 18 heavy (non-hydrogen) atoms. The van der Waals surface area contributed by atoms with E-state index >= 15 is 0 Å². The molecule has 0 spiro atoms. The molecule has 0 unspecified atom stereocenters. The Morgan fingerprint density at radius 1 is 1.00 bits per heavy atom. The zero-order chi connectivity index (χ0) is 12.8. The smallest absolute Gasteiger partial charge is 0.265 e. The van der Waals surface area contributed by atoms with Gasteiger partial charge in [0.2, 0.25) is 0 Å². The molecule has 0 saturated heterocycles. The highest BCUT2D eigenvalue weighted by Gasteiger charge is 2.15. The van der Waals surface area contributed by atoms with Crippen LogP contribution in [0, 0.1) is 0 Å². The monoisotopic (exact) mass is 263 g/mol. The molecule has 0 aliphatic carbocycles. The molecule has 0 amide bonds. The SMILES string of the molecule is O=S(=O)(OCCc1ccccc1)c1ccccn1. The van der Waals surface area contributed by atoms with Crippen molar-refractivity contribution < 1.29 is 12.6 Å². The summed E-state index contributed by atoms with van der Waals surface area (Å²) in [5, 5.41) is -0.0574. The Morgan fingerprint density at radius 2 is 1.72 bits per heavy atom. The second-order valence-corrected chi connectivity index (χ2v) is 5.24. The van der Waals surface area contributed by atoms with Crippen molar-refractivity contribution in [2.24, 2.45) is 0 Å². The number of hydrogen-bond acceptors (Lipinski definition) is 4. The average Bonchev–Trinajstić information content (AvgIpc) is 2.41. The lowest BCUT2D eigenvalue weighted by atomic mass is 10.2. The summed E-state index contributed by atoms with van der Waals surface area (Å²) in [6, 6.07) is 14.3. The van der Waals surface area contributed by atoms with E-state index in [-0.39, 0.29) is 11.6 Å². The molecule has 1 aromatic carbocycles. The van der Waals surface area contributed by atoms with Gasteiger partial charge in [0.15, 0.2) is 5.03 Å². The number of aromatic nitrogens is 1. The Labute approximate surface area is 106 Å². The fourth-order valence-electron chi connectivity index (χ4n) is 1.47. The largest absolute Gasteiger partial charge is 0.314 e. The van der Waals surface area contributed by atoms with Gasteiger partial charge >= 0.3 is 10.1 Å². The molecule has 0 atom stereocenters. The van der Waals surface area contributed by atoms with Crippen molar-refractivity contribution in [3.63, 3.8) is 0 Å². The minimum atomic E-state index is -3.74. The van der Waals surface area contributed by atoms with Crippen LogP contribution in [-0.4, -0.2) is 20.0 Å². The molecular weight excluding hydrogens is 250 g/mol. The quantitative estimate of drug-likeness (QED) is 0.774. The first-order valence-electron chi connectivity index (χ1n) is 5.53. The van der Waals surface area contributed by atoms with Crippen LogP contribution < -0.4 is 0 Å². The minimum Gasteiger partial charge on any atom is -0.265 e. The highest BCUT2D eigenvalue weighted by Crippen LogP contribution is 2.09. The molecule has 0 bridgehead atoms. The first kappa shape index (κ1) is 12.7. The molecule has 4 nitrogen and oxygen atoms in total. The van der Waals surface area contributed by atoms with Crippen LogP contribution in [0.25, 0.3) is 0 Å². The van der Waals surface area contributed by atoms with E-state index in [0.717, 1.165) is 5.56 Å². The van der Waals surface area contributed by atoms with E-state index in [1.165, 1.54) is 12.3 Å². The summed E-state index contributed by atoms with van der Waals surface area (Å²) in [4.78, 5) is 3.76. The summed E-state index contributed by atoms with van der Waals surface area (Å²) < 4.78 is 28.4. The maximum Gasteiger partial charge on any atom is 0.314 e. The minimum absolute atomic E-state index is 0.0574. The fraction of sp³-hybridized carbons (Fsp3) is 0.154. The van der Waals surface area contributed by atoms with Crippen LogP contribution >= 0.6 is 0 Å². The Bertz CT molecular complexity index is 582. The second-order valence-electron chi connectivity index (χ2n) is 3.68. The molecule has 0 aliphatic rings. The lowest BCUT2D eigenvalue weighted by Crippen LogP contribution is -2.10. The van der Waals surface area contributed by atoms with Gasteiger partial charge in [0.25, 0.3) is 0 Å². The summed E-state index contributed by atoms with van der Waals surface area (Å²) in [6.45, 7) is 0.114. The van der Waals surface area contributed by atoms with E-state index in [0.29, 0.717) is 6.42 Å². The first-order valence-corrected chi connectivity index (χ1v) is 6.94. The van der Waals surface area contributed by atoms with Gasteiger partial charge in [-0.1, -0.05) is 36.4 Å². The molecule has 2 aromatic rings. The molecule has 0 fully saturated rings. The van der Waals surface area contributed by atoms with Crippen molar-refractivity contribution in [1.82, 2.24) is 4.98 Å². The number of benzene rings is 1. The third kappa shape index (κ3) is 3.38. The van der Waals surface area contributed by atoms with Gasteiger partial charge in [-0.3, -0.25) is 4.18 Å². The highest BCUT2D eigenvalue weighted by molar-refractivity contribution is 7.86. The van der Waals surface area contributed by atoms with Crippen LogP contribution in [0.15, 0.2) is 59.8 Å². The average molecular weight is 263 g/mol. The molecule has 1 heterocycles. The van der Waals surface area contributed by atoms with Crippen molar-refractivity contribution in [3.05, 3.63) is 60.3 Å². The predicted molar refractivity (Wildman–Crippen MR) is 67.5 cm³/mol. The molecule has 0 radical (unpaired) electrons. The van der Waals surface area contributed by atoms with Crippen molar-refractivity contribution in [2.45, 2.75) is 11.4 Å². The van der Waals surface area contributed by atoms with Gasteiger partial charge in [-0.15, -0.1) is 0 Å². The number of nitrogens with zero attached hydrogens (tertiary/aromatic N) is 1. The maximum atomic E-state index is 11.7. The summed E-state index contributed by atoms with van der Waals surface area (Å²) in [5.41, 5.74) is 1.04. The van der Waals surface area contributed by atoms with Gasteiger partial charge in [0, 0.05) is 6.20 Å². The Balaban J connectivity index is 1.95. The van der Waals surface area contributed by atoms with E-state index in [4.69, 9.17) is 4.18 Å². The number of rotatable bonds is 5. The van der Waals surface area contributed by atoms with Crippen molar-refractivity contribution in [1.29, 1.82) is 0 Å². The van der Waals surface area contributed by atoms with Gasteiger partial charge in [-0.05, 0) is 24.1 Å². The van der Waals surface area contributed by atoms with E-state index in [1.54, 1.807) is 12.1 Å². The molecule has 0 N–H and O–H groups in total. The van der Waals surface area contributed by atoms with Gasteiger partial charge in [-0.25, -0.2) is 4.98 Å². The van der Waals surface area contributed by atoms with Gasteiger partial charge in [-0.2, -0.15) is 8.42 Å². The topological polar surface area (TPSA) is 56.3 Å². The van der Waals surface area contributed by atoms with Crippen LogP contribution in [-0.2, 0) is 20.7 Å². The summed E-state index contributed by atoms with van der Waals surface area (Å²) >= 11 is 0. The Kier molecular flexibility index (Phi) is 4.07. The summed E-state index contributed by atoms with van der Waals surface area (Å²) in [7, 11) is -3.74. The first-order chi connectivity index (χ1) is 8.68. The lowest BCUT2D eigenvalue weighted by molar-refractivity contribution is 0.320.